The van der Waals surface area contributed by atoms with Crippen molar-refractivity contribution >= 4 is 22.5 Å². The van der Waals surface area contributed by atoms with Gasteiger partial charge in [0.05, 0.1) is 32.9 Å². The average molecular weight is 367 g/mol. The van der Waals surface area contributed by atoms with Crippen molar-refractivity contribution in [1.82, 2.24) is 9.88 Å². The van der Waals surface area contributed by atoms with Gasteiger partial charge in [-0.05, 0) is 19.1 Å². The summed E-state index contributed by atoms with van der Waals surface area (Å²) in [4.78, 5) is 12.9. The minimum absolute atomic E-state index is 0.00865. The van der Waals surface area contributed by atoms with Crippen LogP contribution in [0.5, 0.6) is 11.5 Å². The summed E-state index contributed by atoms with van der Waals surface area (Å²) < 4.78 is 12.2. The fourth-order valence-electron chi connectivity index (χ4n) is 2.57. The van der Waals surface area contributed by atoms with Crippen LogP contribution in [0.4, 0.5) is 0 Å². The number of nitrogens with one attached hydrogen (secondary N) is 1. The lowest BCUT2D eigenvalue weighted by Gasteiger charge is -2.16. The largest absolute Gasteiger partial charge is 0.493 e. The molecule has 0 saturated heterocycles. The molecule has 2 rings (SSSR count). The van der Waals surface area contributed by atoms with Crippen LogP contribution in [-0.2, 0) is 13.1 Å². The maximum absolute atomic E-state index is 12.9. The van der Waals surface area contributed by atoms with Crippen molar-refractivity contribution in [1.29, 1.82) is 0 Å². The second-order valence-corrected chi connectivity index (χ2v) is 6.34. The van der Waals surface area contributed by atoms with Gasteiger partial charge in [-0.1, -0.05) is 18.2 Å². The Kier molecular flexibility index (Phi) is 6.47. The Morgan fingerprint density at radius 2 is 1.96 bits per heavy atom. The number of aliphatic hydroxyl groups excluding tert-OH is 1. The zero-order chi connectivity index (χ0) is 18.6. The number of benzene rings is 1. The molecule has 0 aliphatic rings. The average Bonchev–Trinajstić information content (AvgIpc) is 2.60. The molecule has 136 valence electrons. The van der Waals surface area contributed by atoms with E-state index in [4.69, 9.17) is 26.2 Å². The van der Waals surface area contributed by atoms with Crippen molar-refractivity contribution in [2.75, 3.05) is 20.8 Å². The summed E-state index contributed by atoms with van der Waals surface area (Å²) in [7, 11) is 3.10. The Labute approximate surface area is 151 Å². The summed E-state index contributed by atoms with van der Waals surface area (Å²) in [5.41, 5.74) is 1.08. The number of allylic oxidation sites excluding steroid dienone is 1. The maximum atomic E-state index is 12.9. The maximum Gasteiger partial charge on any atom is 0.255 e. The van der Waals surface area contributed by atoms with E-state index in [0.717, 1.165) is 5.39 Å². The zero-order valence-corrected chi connectivity index (χ0v) is 15.4. The van der Waals surface area contributed by atoms with Crippen LogP contribution in [0.15, 0.2) is 34.6 Å². The minimum atomic E-state index is -0.167. The number of ether oxygens (including phenoxy) is 2. The molecule has 7 heteroatoms. The van der Waals surface area contributed by atoms with E-state index >= 15 is 0 Å². The number of aromatic nitrogens is 1. The van der Waals surface area contributed by atoms with Crippen LogP contribution in [0, 0.1) is 0 Å². The van der Waals surface area contributed by atoms with Crippen LogP contribution in [0.25, 0.3) is 10.9 Å². The first-order valence-electron chi connectivity index (χ1n) is 7.87. The molecule has 25 heavy (non-hydrogen) atoms. The Balaban J connectivity index is 2.65. The van der Waals surface area contributed by atoms with Gasteiger partial charge in [-0.2, -0.15) is 0 Å². The summed E-state index contributed by atoms with van der Waals surface area (Å²) in [6.45, 7) is 6.05. The van der Waals surface area contributed by atoms with Crippen molar-refractivity contribution < 1.29 is 14.6 Å². The topological polar surface area (TPSA) is 72.7 Å². The monoisotopic (exact) mass is 366 g/mol. The van der Waals surface area contributed by atoms with Gasteiger partial charge in [-0.3, -0.25) is 4.79 Å². The minimum Gasteiger partial charge on any atom is -0.493 e. The van der Waals surface area contributed by atoms with Gasteiger partial charge >= 0.3 is 0 Å². The fraction of sp³-hybridized carbons (Fsp3) is 0.389. The van der Waals surface area contributed by atoms with Crippen LogP contribution >= 0.6 is 11.6 Å². The summed E-state index contributed by atoms with van der Waals surface area (Å²) in [6, 6.07) is 5.27. The highest BCUT2D eigenvalue weighted by Crippen LogP contribution is 2.32. The molecule has 1 heterocycles. The molecule has 0 saturated carbocycles. The molecule has 0 aliphatic heterocycles. The highest BCUT2D eigenvalue weighted by Gasteiger charge is 2.14. The number of pyridine rings is 1. The van der Waals surface area contributed by atoms with Crippen LogP contribution in [0.3, 0.4) is 0 Å². The Morgan fingerprint density at radius 3 is 2.52 bits per heavy atom. The molecule has 0 fully saturated rings. The number of halogens is 1. The van der Waals surface area contributed by atoms with E-state index in [1.54, 1.807) is 24.9 Å². The second kappa shape index (κ2) is 8.38. The third-order valence-corrected chi connectivity index (χ3v) is 4.04. The van der Waals surface area contributed by atoms with Gasteiger partial charge in [0.2, 0.25) is 0 Å². The van der Waals surface area contributed by atoms with Gasteiger partial charge in [0.25, 0.3) is 5.56 Å². The predicted molar refractivity (Wildman–Crippen MR) is 99.7 cm³/mol. The van der Waals surface area contributed by atoms with E-state index in [1.165, 1.54) is 0 Å². The van der Waals surface area contributed by atoms with Crippen LogP contribution in [0.2, 0.25) is 0 Å². The van der Waals surface area contributed by atoms with E-state index in [0.29, 0.717) is 34.2 Å². The summed E-state index contributed by atoms with van der Waals surface area (Å²) in [5.74, 6) is 1.11. The number of nitrogens with zero attached hydrogens (tertiary/aromatic N) is 1. The van der Waals surface area contributed by atoms with Crippen molar-refractivity contribution in [2.45, 2.75) is 26.1 Å². The SMILES string of the molecule is C=C(Cl)Cn1c(=O)c(CNC(C)CO)cc2cc(OC)c(OC)cc21. The molecule has 0 spiro atoms. The van der Waals surface area contributed by atoms with Crippen LogP contribution < -0.4 is 20.3 Å². The van der Waals surface area contributed by atoms with Crippen molar-refractivity contribution in [3.63, 3.8) is 0 Å². The summed E-state index contributed by atoms with van der Waals surface area (Å²) >= 11 is 5.96. The van der Waals surface area contributed by atoms with Gasteiger partial charge in [0.1, 0.15) is 0 Å². The first-order chi connectivity index (χ1) is 11.9. The zero-order valence-electron chi connectivity index (χ0n) is 14.6. The molecule has 0 amide bonds. The van der Waals surface area contributed by atoms with E-state index in [1.807, 2.05) is 19.1 Å². The number of aliphatic hydroxyl groups is 1. The van der Waals surface area contributed by atoms with E-state index in [2.05, 4.69) is 11.9 Å². The molecule has 6 nitrogen and oxygen atoms in total. The molecule has 1 unspecified atom stereocenters. The number of fused-ring (bicyclic) bond motifs is 1. The molecule has 1 aromatic heterocycles. The molecule has 0 aliphatic carbocycles. The normalized spacial score (nSPS) is 12.2. The van der Waals surface area contributed by atoms with Gasteiger partial charge < -0.3 is 24.5 Å². The number of methoxy groups -OCH3 is 2. The quantitative estimate of drug-likeness (QED) is 0.749. The number of hydrogen-bond donors (Lipinski definition) is 2. The van der Waals surface area contributed by atoms with Crippen molar-refractivity contribution in [2.24, 2.45) is 0 Å². The van der Waals surface area contributed by atoms with Gasteiger partial charge in [-0.15, -0.1) is 0 Å². The van der Waals surface area contributed by atoms with Crippen LogP contribution in [0.1, 0.15) is 12.5 Å². The fourth-order valence-corrected chi connectivity index (χ4v) is 2.69. The molecule has 0 radical (unpaired) electrons. The molecule has 2 aromatic rings. The second-order valence-electron chi connectivity index (χ2n) is 5.81. The first-order valence-corrected chi connectivity index (χ1v) is 8.25. The predicted octanol–water partition coefficient (Wildman–Crippen LogP) is 2.24. The summed E-state index contributed by atoms with van der Waals surface area (Å²) in [6.07, 6.45) is 0. The van der Waals surface area contributed by atoms with Gasteiger partial charge in [-0.25, -0.2) is 0 Å². The highest BCUT2D eigenvalue weighted by molar-refractivity contribution is 6.29. The molecule has 1 aromatic carbocycles. The van der Waals surface area contributed by atoms with Gasteiger partial charge in [0.15, 0.2) is 11.5 Å². The van der Waals surface area contributed by atoms with Crippen LogP contribution in [-0.4, -0.2) is 36.5 Å². The lowest BCUT2D eigenvalue weighted by molar-refractivity contribution is 0.251. The Hall–Kier alpha value is -2.02. The number of rotatable bonds is 8. The Bertz CT molecular complexity index is 832. The lowest BCUT2D eigenvalue weighted by Crippen LogP contribution is -2.33. The standard InChI is InChI=1S/C18H23ClN2O4/c1-11(19)9-21-15-7-17(25-4)16(24-3)6-13(15)5-14(18(21)23)8-20-12(2)10-22/h5-7,12,20,22H,1,8-10H2,2-4H3. The Morgan fingerprint density at radius 1 is 1.32 bits per heavy atom. The smallest absolute Gasteiger partial charge is 0.255 e. The highest BCUT2D eigenvalue weighted by atomic mass is 35.5. The van der Waals surface area contributed by atoms with E-state index < -0.39 is 0 Å². The van der Waals surface area contributed by atoms with Crippen molar-refractivity contribution in [3.05, 3.63) is 45.7 Å². The van der Waals surface area contributed by atoms with E-state index in [9.17, 15) is 4.79 Å². The molecule has 1 atom stereocenters. The third-order valence-electron chi connectivity index (χ3n) is 3.92. The third kappa shape index (κ3) is 4.34. The molecular formula is C18H23ClN2O4. The first kappa shape index (κ1) is 19.3. The molecular weight excluding hydrogens is 344 g/mol. The number of hydrogen-bond acceptors (Lipinski definition) is 5. The van der Waals surface area contributed by atoms with Crippen molar-refractivity contribution in [3.8, 4) is 11.5 Å². The lowest BCUT2D eigenvalue weighted by atomic mass is 10.1. The summed E-state index contributed by atoms with van der Waals surface area (Å²) in [5, 5.41) is 13.4. The van der Waals surface area contributed by atoms with Gasteiger partial charge in [0, 0.05) is 34.6 Å². The molecule has 2 N–H and O–H groups in total. The molecule has 0 bridgehead atoms. The van der Waals surface area contributed by atoms with E-state index in [-0.39, 0.29) is 24.8 Å².